The third-order valence-corrected chi connectivity index (χ3v) is 3.71. The fourth-order valence-electron chi connectivity index (χ4n) is 1.53. The number of rotatable bonds is 5. The molecule has 1 unspecified atom stereocenters. The first-order chi connectivity index (χ1) is 10.3. The predicted molar refractivity (Wildman–Crippen MR) is 75.9 cm³/mol. The Hall–Kier alpha value is -1.84. The normalized spacial score (nSPS) is 15.1. The van der Waals surface area contributed by atoms with Gasteiger partial charge in [-0.25, -0.2) is 4.39 Å². The third-order valence-electron chi connectivity index (χ3n) is 2.73. The van der Waals surface area contributed by atoms with Crippen LogP contribution in [-0.2, 0) is 20.6 Å². The van der Waals surface area contributed by atoms with Gasteiger partial charge in [0.15, 0.2) is 0 Å². The van der Waals surface area contributed by atoms with E-state index >= 15 is 0 Å². The SMILES string of the molecule is CC(C)NC(=O)C(C)(F)c1ccc(OS(=O)(=O)C(F)(F)F)cc1.[HH]. The molecule has 0 saturated carbocycles. The molecular formula is C13H17F4NO4S. The molecular weight excluding hydrogens is 342 g/mol. The van der Waals surface area contributed by atoms with Gasteiger partial charge in [0.2, 0.25) is 5.67 Å². The zero-order valence-electron chi connectivity index (χ0n) is 12.4. The monoisotopic (exact) mass is 359 g/mol. The molecule has 1 aromatic rings. The Labute approximate surface area is 132 Å². The highest BCUT2D eigenvalue weighted by Crippen LogP contribution is 2.30. The summed E-state index contributed by atoms with van der Waals surface area (Å²) in [4.78, 5) is 11.8. The summed E-state index contributed by atoms with van der Waals surface area (Å²) < 4.78 is 76.6. The van der Waals surface area contributed by atoms with Crippen molar-refractivity contribution in [1.29, 1.82) is 0 Å². The summed E-state index contributed by atoms with van der Waals surface area (Å²) >= 11 is 0. The standard InChI is InChI=1S/C13H15F4NO4S.H2/c1-8(2)18-11(19)12(3,14)9-4-6-10(7-5-9)22-23(20,21)13(15,16)17;/h4-8H,1-3H3,(H,18,19);1H. The van der Waals surface area contributed by atoms with Crippen LogP contribution in [0.5, 0.6) is 5.75 Å². The topological polar surface area (TPSA) is 72.5 Å². The van der Waals surface area contributed by atoms with Crippen LogP contribution in [0.15, 0.2) is 24.3 Å². The van der Waals surface area contributed by atoms with Gasteiger partial charge >= 0.3 is 15.6 Å². The van der Waals surface area contributed by atoms with Crippen LogP contribution in [0.3, 0.4) is 0 Å². The molecule has 0 aliphatic heterocycles. The van der Waals surface area contributed by atoms with Gasteiger partial charge in [0.05, 0.1) is 0 Å². The quantitative estimate of drug-likeness (QED) is 0.498. The summed E-state index contributed by atoms with van der Waals surface area (Å²) in [6.45, 7) is 4.24. The molecule has 0 saturated heterocycles. The number of benzene rings is 1. The maximum atomic E-state index is 14.5. The van der Waals surface area contributed by atoms with Crippen molar-refractivity contribution < 1.29 is 36.4 Å². The molecule has 1 amide bonds. The van der Waals surface area contributed by atoms with Crippen LogP contribution in [0.2, 0.25) is 0 Å². The largest absolute Gasteiger partial charge is 0.534 e. The summed E-state index contributed by atoms with van der Waals surface area (Å²) in [6, 6.07) is 3.30. The van der Waals surface area contributed by atoms with Crippen molar-refractivity contribution >= 4 is 16.0 Å². The average Bonchev–Trinajstić information content (AvgIpc) is 2.36. The maximum Gasteiger partial charge on any atom is 0.534 e. The Morgan fingerprint density at radius 2 is 1.65 bits per heavy atom. The highest BCUT2D eigenvalue weighted by Gasteiger charge is 2.48. The number of alkyl halides is 4. The molecule has 10 heteroatoms. The third kappa shape index (κ3) is 4.57. The van der Waals surface area contributed by atoms with Crippen molar-refractivity contribution in [2.45, 2.75) is 38.0 Å². The van der Waals surface area contributed by atoms with Crippen LogP contribution >= 0.6 is 0 Å². The minimum atomic E-state index is -5.80. The first-order valence-electron chi connectivity index (χ1n) is 6.38. The average molecular weight is 359 g/mol. The van der Waals surface area contributed by atoms with Gasteiger partial charge in [-0.2, -0.15) is 21.6 Å². The highest BCUT2D eigenvalue weighted by atomic mass is 32.2. The van der Waals surface area contributed by atoms with E-state index in [1.54, 1.807) is 13.8 Å². The zero-order valence-corrected chi connectivity index (χ0v) is 13.3. The van der Waals surface area contributed by atoms with Crippen LogP contribution in [0.25, 0.3) is 0 Å². The van der Waals surface area contributed by atoms with E-state index in [9.17, 15) is 30.8 Å². The smallest absolute Gasteiger partial charge is 0.376 e. The van der Waals surface area contributed by atoms with Crippen molar-refractivity contribution in [2.75, 3.05) is 0 Å². The van der Waals surface area contributed by atoms with Crippen LogP contribution in [0.4, 0.5) is 17.6 Å². The number of amides is 1. The van der Waals surface area contributed by atoms with E-state index in [2.05, 4.69) is 9.50 Å². The molecule has 0 spiro atoms. The molecule has 1 aromatic carbocycles. The fraction of sp³-hybridized carbons (Fsp3) is 0.462. The molecule has 23 heavy (non-hydrogen) atoms. The number of carbonyl (C=O) groups excluding carboxylic acids is 1. The number of hydrogen-bond acceptors (Lipinski definition) is 4. The molecule has 0 aromatic heterocycles. The van der Waals surface area contributed by atoms with Crippen LogP contribution in [-0.4, -0.2) is 25.9 Å². The lowest BCUT2D eigenvalue weighted by molar-refractivity contribution is -0.132. The van der Waals surface area contributed by atoms with Crippen molar-refractivity contribution in [1.82, 2.24) is 5.32 Å². The van der Waals surface area contributed by atoms with Gasteiger partial charge in [0.1, 0.15) is 5.75 Å². The van der Waals surface area contributed by atoms with E-state index in [0.717, 1.165) is 31.2 Å². The number of carbonyl (C=O) groups is 1. The Balaban J connectivity index is 0.00000529. The van der Waals surface area contributed by atoms with E-state index in [1.807, 2.05) is 0 Å². The molecule has 1 rings (SSSR count). The van der Waals surface area contributed by atoms with Crippen LogP contribution < -0.4 is 9.50 Å². The summed E-state index contributed by atoms with van der Waals surface area (Å²) in [5, 5.41) is 2.36. The Morgan fingerprint density at radius 1 is 1.17 bits per heavy atom. The molecule has 132 valence electrons. The Kier molecular flexibility index (Phi) is 5.30. The maximum absolute atomic E-state index is 14.5. The summed E-state index contributed by atoms with van der Waals surface area (Å²) in [5.74, 6) is -1.57. The summed E-state index contributed by atoms with van der Waals surface area (Å²) in [7, 11) is -5.80. The van der Waals surface area contributed by atoms with Crippen molar-refractivity contribution in [3.05, 3.63) is 29.8 Å². The van der Waals surface area contributed by atoms with E-state index < -0.39 is 33.0 Å². The predicted octanol–water partition coefficient (Wildman–Crippen LogP) is 2.87. The molecule has 0 aliphatic carbocycles. The van der Waals surface area contributed by atoms with Crippen LogP contribution in [0, 0.1) is 0 Å². The molecule has 0 aliphatic rings. The van der Waals surface area contributed by atoms with E-state index in [-0.39, 0.29) is 13.0 Å². The van der Waals surface area contributed by atoms with Gasteiger partial charge in [-0.05, 0) is 38.5 Å². The van der Waals surface area contributed by atoms with Gasteiger partial charge in [-0.3, -0.25) is 4.79 Å². The molecule has 5 nitrogen and oxygen atoms in total. The summed E-state index contributed by atoms with van der Waals surface area (Å²) in [5.41, 5.74) is -8.17. The van der Waals surface area contributed by atoms with Crippen molar-refractivity contribution in [3.63, 3.8) is 0 Å². The fourth-order valence-corrected chi connectivity index (χ4v) is 1.99. The molecule has 0 bridgehead atoms. The van der Waals surface area contributed by atoms with Gasteiger partial charge in [-0.1, -0.05) is 12.1 Å². The highest BCUT2D eigenvalue weighted by molar-refractivity contribution is 7.87. The lowest BCUT2D eigenvalue weighted by Gasteiger charge is -2.22. The minimum absolute atomic E-state index is 0. The first kappa shape index (κ1) is 19.2. The second-order valence-electron chi connectivity index (χ2n) is 5.14. The van der Waals surface area contributed by atoms with E-state index in [4.69, 9.17) is 0 Å². The van der Waals surface area contributed by atoms with Crippen molar-refractivity contribution in [2.24, 2.45) is 0 Å². The minimum Gasteiger partial charge on any atom is -0.376 e. The molecule has 1 atom stereocenters. The number of halogens is 4. The van der Waals surface area contributed by atoms with Crippen molar-refractivity contribution in [3.8, 4) is 5.75 Å². The van der Waals surface area contributed by atoms with E-state index in [0.29, 0.717) is 0 Å². The lowest BCUT2D eigenvalue weighted by atomic mass is 9.96. The van der Waals surface area contributed by atoms with Gasteiger partial charge in [0, 0.05) is 7.47 Å². The molecule has 0 fully saturated rings. The first-order valence-corrected chi connectivity index (χ1v) is 7.79. The lowest BCUT2D eigenvalue weighted by Crippen LogP contribution is -2.42. The summed E-state index contributed by atoms with van der Waals surface area (Å²) in [6.07, 6.45) is 0. The van der Waals surface area contributed by atoms with Gasteiger partial charge in [-0.15, -0.1) is 0 Å². The number of hydrogen-bond donors (Lipinski definition) is 1. The zero-order chi connectivity index (χ0) is 18.1. The molecule has 1 N–H and O–H groups in total. The van der Waals surface area contributed by atoms with Crippen LogP contribution in [0.1, 0.15) is 27.8 Å². The van der Waals surface area contributed by atoms with Gasteiger partial charge < -0.3 is 9.50 Å². The second-order valence-corrected chi connectivity index (χ2v) is 6.68. The van der Waals surface area contributed by atoms with Gasteiger partial charge in [0.25, 0.3) is 5.91 Å². The Bertz CT molecular complexity index is 672. The molecule has 0 heterocycles. The molecule has 0 radical (unpaired) electrons. The second kappa shape index (κ2) is 6.34. The Morgan fingerprint density at radius 3 is 2.04 bits per heavy atom. The van der Waals surface area contributed by atoms with E-state index in [1.165, 1.54) is 0 Å². The number of nitrogens with one attached hydrogen (secondary N) is 1.